The molecule has 1 aromatic carbocycles. The quantitative estimate of drug-likeness (QED) is 0.819. The Hall–Kier alpha value is -1.76. The number of alkyl halides is 3. The molecule has 7 heteroatoms. The van der Waals surface area contributed by atoms with Crippen molar-refractivity contribution in [3.05, 3.63) is 35.4 Å². The van der Waals surface area contributed by atoms with E-state index in [1.807, 2.05) is 0 Å². The summed E-state index contributed by atoms with van der Waals surface area (Å²) in [6, 6.07) is 5.74. The molecule has 0 aromatic heterocycles. The molecule has 27 heavy (non-hydrogen) atoms. The second-order valence-corrected chi connectivity index (χ2v) is 8.08. The summed E-state index contributed by atoms with van der Waals surface area (Å²) < 4.78 is 45.9. The van der Waals surface area contributed by atoms with Crippen LogP contribution in [0.15, 0.2) is 24.3 Å². The van der Waals surface area contributed by atoms with Gasteiger partial charge >= 0.3 is 12.3 Å². The molecule has 0 saturated carbocycles. The van der Waals surface area contributed by atoms with Crippen molar-refractivity contribution in [2.24, 2.45) is 5.92 Å². The van der Waals surface area contributed by atoms with Crippen LogP contribution in [-0.4, -0.2) is 43.3 Å². The van der Waals surface area contributed by atoms with E-state index in [4.69, 9.17) is 4.74 Å². The Balaban J connectivity index is 2.26. The van der Waals surface area contributed by atoms with E-state index in [0.29, 0.717) is 19.6 Å². The van der Waals surface area contributed by atoms with Gasteiger partial charge in [-0.15, -0.1) is 0 Å². The first-order chi connectivity index (χ1) is 12.5. The van der Waals surface area contributed by atoms with Gasteiger partial charge in [-0.3, -0.25) is 0 Å². The van der Waals surface area contributed by atoms with Crippen molar-refractivity contribution in [1.29, 1.82) is 0 Å². The first-order valence-corrected chi connectivity index (χ1v) is 9.31. The standard InChI is InChI=1S/C20H29F3N2O2/c1-19(2,3)27-18(26)25-11-7-8-14(13-25)16(12-24-4)15-9-5-6-10-17(15)20(21,22)23/h5-6,9-10,14,16,24H,7-8,11-13H2,1-4H3. The molecule has 4 nitrogen and oxygen atoms in total. The van der Waals surface area contributed by atoms with Gasteiger partial charge in [0.15, 0.2) is 0 Å². The lowest BCUT2D eigenvalue weighted by Crippen LogP contribution is -2.45. The van der Waals surface area contributed by atoms with Gasteiger partial charge in [0.05, 0.1) is 5.56 Å². The van der Waals surface area contributed by atoms with Crippen LogP contribution in [-0.2, 0) is 10.9 Å². The Morgan fingerprint density at radius 3 is 2.56 bits per heavy atom. The molecule has 0 radical (unpaired) electrons. The molecule has 152 valence electrons. The Labute approximate surface area is 159 Å². The van der Waals surface area contributed by atoms with Crippen molar-refractivity contribution in [1.82, 2.24) is 10.2 Å². The highest BCUT2D eigenvalue weighted by atomic mass is 19.4. The third kappa shape index (κ3) is 5.86. The summed E-state index contributed by atoms with van der Waals surface area (Å²) in [5.41, 5.74) is -0.910. The number of benzene rings is 1. The van der Waals surface area contributed by atoms with E-state index >= 15 is 0 Å². The summed E-state index contributed by atoms with van der Waals surface area (Å²) in [7, 11) is 1.73. The van der Waals surface area contributed by atoms with Gasteiger partial charge in [0.2, 0.25) is 0 Å². The third-order valence-electron chi connectivity index (χ3n) is 4.77. The van der Waals surface area contributed by atoms with Crippen LogP contribution in [0.3, 0.4) is 0 Å². The predicted octanol–water partition coefficient (Wildman–Crippen LogP) is 4.66. The number of nitrogens with zero attached hydrogens (tertiary/aromatic N) is 1. The maximum atomic E-state index is 13.5. The van der Waals surface area contributed by atoms with Gasteiger partial charge in [-0.1, -0.05) is 18.2 Å². The zero-order chi connectivity index (χ0) is 20.2. The van der Waals surface area contributed by atoms with Crippen LogP contribution in [0, 0.1) is 5.92 Å². The topological polar surface area (TPSA) is 41.6 Å². The highest BCUT2D eigenvalue weighted by Gasteiger charge is 2.38. The van der Waals surface area contributed by atoms with Crippen LogP contribution < -0.4 is 5.32 Å². The molecule has 1 amide bonds. The summed E-state index contributed by atoms with van der Waals surface area (Å²) in [5, 5.41) is 3.02. The molecule has 1 aliphatic heterocycles. The first-order valence-electron chi connectivity index (χ1n) is 9.31. The highest BCUT2D eigenvalue weighted by molar-refractivity contribution is 5.68. The number of rotatable bonds is 4. The normalized spacial score (nSPS) is 19.7. The summed E-state index contributed by atoms with van der Waals surface area (Å²) in [6.45, 7) is 6.78. The molecule has 0 bridgehead atoms. The fraction of sp³-hybridized carbons (Fsp3) is 0.650. The van der Waals surface area contributed by atoms with Crippen LogP contribution in [0.2, 0.25) is 0 Å². The second-order valence-electron chi connectivity index (χ2n) is 8.08. The van der Waals surface area contributed by atoms with E-state index in [0.717, 1.165) is 18.9 Å². The fourth-order valence-corrected chi connectivity index (χ4v) is 3.66. The van der Waals surface area contributed by atoms with Crippen LogP contribution in [0.25, 0.3) is 0 Å². The van der Waals surface area contributed by atoms with E-state index in [-0.39, 0.29) is 17.4 Å². The molecular formula is C20H29F3N2O2. The summed E-state index contributed by atoms with van der Waals surface area (Å²) in [6.07, 6.45) is -3.28. The lowest BCUT2D eigenvalue weighted by molar-refractivity contribution is -0.138. The van der Waals surface area contributed by atoms with Crippen molar-refractivity contribution in [3.8, 4) is 0 Å². The molecule has 1 aromatic rings. The van der Waals surface area contributed by atoms with Crippen molar-refractivity contribution in [2.45, 2.75) is 51.3 Å². The predicted molar refractivity (Wildman–Crippen MR) is 98.6 cm³/mol. The van der Waals surface area contributed by atoms with E-state index in [9.17, 15) is 18.0 Å². The maximum Gasteiger partial charge on any atom is 0.416 e. The zero-order valence-corrected chi connectivity index (χ0v) is 16.4. The number of amides is 1. The zero-order valence-electron chi connectivity index (χ0n) is 16.4. The van der Waals surface area contributed by atoms with Crippen molar-refractivity contribution in [3.63, 3.8) is 0 Å². The van der Waals surface area contributed by atoms with E-state index in [1.54, 1.807) is 44.9 Å². The summed E-state index contributed by atoms with van der Waals surface area (Å²) >= 11 is 0. The second kappa shape index (κ2) is 8.50. The number of likely N-dealkylation sites (tertiary alicyclic amines) is 1. The molecule has 1 fully saturated rings. The van der Waals surface area contributed by atoms with Crippen LogP contribution in [0.1, 0.15) is 50.7 Å². The van der Waals surface area contributed by atoms with Gasteiger partial charge in [-0.25, -0.2) is 4.79 Å². The van der Waals surface area contributed by atoms with Gasteiger partial charge in [0.25, 0.3) is 0 Å². The number of likely N-dealkylation sites (N-methyl/N-ethyl adjacent to an activating group) is 1. The van der Waals surface area contributed by atoms with Gasteiger partial charge in [0, 0.05) is 25.6 Å². The molecule has 0 spiro atoms. The minimum Gasteiger partial charge on any atom is -0.444 e. The molecule has 0 aliphatic carbocycles. The van der Waals surface area contributed by atoms with Gasteiger partial charge in [0.1, 0.15) is 5.60 Å². The van der Waals surface area contributed by atoms with Crippen LogP contribution in [0.5, 0.6) is 0 Å². The first kappa shape index (κ1) is 21.5. The smallest absolute Gasteiger partial charge is 0.416 e. The lowest BCUT2D eigenvalue weighted by Gasteiger charge is -2.38. The lowest BCUT2D eigenvalue weighted by atomic mass is 9.79. The molecule has 1 heterocycles. The number of halogens is 3. The number of carbonyl (C=O) groups is 1. The third-order valence-corrected chi connectivity index (χ3v) is 4.77. The SMILES string of the molecule is CNCC(c1ccccc1C(F)(F)F)C1CCCN(C(=O)OC(C)(C)C)C1. The Morgan fingerprint density at radius 1 is 1.30 bits per heavy atom. The van der Waals surface area contributed by atoms with E-state index in [2.05, 4.69) is 5.32 Å². The number of hydrogen-bond acceptors (Lipinski definition) is 3. The van der Waals surface area contributed by atoms with Gasteiger partial charge in [-0.2, -0.15) is 13.2 Å². The number of hydrogen-bond donors (Lipinski definition) is 1. The Kier molecular flexibility index (Phi) is 6.78. The molecule has 1 aliphatic rings. The van der Waals surface area contributed by atoms with E-state index in [1.165, 1.54) is 6.07 Å². The fourth-order valence-electron chi connectivity index (χ4n) is 3.66. The average molecular weight is 386 g/mol. The van der Waals surface area contributed by atoms with Crippen molar-refractivity contribution >= 4 is 6.09 Å². The van der Waals surface area contributed by atoms with Crippen LogP contribution >= 0.6 is 0 Å². The minimum absolute atomic E-state index is 0.0674. The number of nitrogens with one attached hydrogen (secondary N) is 1. The molecule has 2 rings (SSSR count). The summed E-state index contributed by atoms with van der Waals surface area (Å²) in [5.74, 6) is -0.403. The molecule has 2 atom stereocenters. The highest BCUT2D eigenvalue weighted by Crippen LogP contribution is 2.39. The van der Waals surface area contributed by atoms with Crippen molar-refractivity contribution < 1.29 is 22.7 Å². The van der Waals surface area contributed by atoms with Gasteiger partial charge in [-0.05, 0) is 58.2 Å². The minimum atomic E-state index is -4.40. The largest absolute Gasteiger partial charge is 0.444 e. The Bertz CT molecular complexity index is 641. The molecule has 1 saturated heterocycles. The van der Waals surface area contributed by atoms with Gasteiger partial charge < -0.3 is 15.0 Å². The molecule has 1 N–H and O–H groups in total. The summed E-state index contributed by atoms with van der Waals surface area (Å²) in [4.78, 5) is 14.0. The molecule has 2 unspecified atom stereocenters. The van der Waals surface area contributed by atoms with Crippen molar-refractivity contribution in [2.75, 3.05) is 26.7 Å². The van der Waals surface area contributed by atoms with Crippen LogP contribution in [0.4, 0.5) is 18.0 Å². The number of ether oxygens (including phenoxy) is 1. The monoisotopic (exact) mass is 386 g/mol. The van der Waals surface area contributed by atoms with E-state index < -0.39 is 23.4 Å². The Morgan fingerprint density at radius 2 is 1.96 bits per heavy atom. The maximum absolute atomic E-state index is 13.5. The number of piperidine rings is 1. The number of carbonyl (C=O) groups excluding carboxylic acids is 1. The average Bonchev–Trinajstić information content (AvgIpc) is 2.57. The molecular weight excluding hydrogens is 357 g/mol.